The zero-order valence-electron chi connectivity index (χ0n) is 13.7. The number of hydrogen-bond donors (Lipinski definition) is 0. The van der Waals surface area contributed by atoms with Crippen LogP contribution in [0.25, 0.3) is 23.0 Å². The minimum absolute atomic E-state index is 0.0188. The summed E-state index contributed by atoms with van der Waals surface area (Å²) in [5.74, 6) is 1.48. The number of carbonyl (C=O) groups is 1. The van der Waals surface area contributed by atoms with Gasteiger partial charge in [0.05, 0.1) is 11.3 Å². The SMILES string of the molecule is CCN1C(=O)/C(=C\c2ccc(-c3ccc(Br)cc3)o2)c2ccccc21. The Kier molecular flexibility index (Phi) is 4.06. The summed E-state index contributed by atoms with van der Waals surface area (Å²) in [5.41, 5.74) is 3.59. The number of para-hydroxylation sites is 1. The van der Waals surface area contributed by atoms with E-state index < -0.39 is 0 Å². The van der Waals surface area contributed by atoms with E-state index in [1.54, 1.807) is 4.90 Å². The molecule has 1 aromatic heterocycles. The van der Waals surface area contributed by atoms with E-state index in [1.165, 1.54) is 0 Å². The number of benzene rings is 2. The number of rotatable bonds is 3. The molecular formula is C21H16BrNO2. The van der Waals surface area contributed by atoms with Gasteiger partial charge >= 0.3 is 0 Å². The Morgan fingerprint density at radius 2 is 1.80 bits per heavy atom. The molecule has 0 bridgehead atoms. The van der Waals surface area contributed by atoms with Crippen molar-refractivity contribution in [2.45, 2.75) is 6.92 Å². The Morgan fingerprint density at radius 3 is 2.56 bits per heavy atom. The average Bonchev–Trinajstić information content (AvgIpc) is 3.19. The summed E-state index contributed by atoms with van der Waals surface area (Å²) >= 11 is 3.43. The number of halogens is 1. The van der Waals surface area contributed by atoms with Crippen LogP contribution in [-0.2, 0) is 4.79 Å². The first-order valence-electron chi connectivity index (χ1n) is 8.16. The van der Waals surface area contributed by atoms with Gasteiger partial charge in [0.15, 0.2) is 0 Å². The normalized spacial score (nSPS) is 15.0. The highest BCUT2D eigenvalue weighted by Gasteiger charge is 2.31. The quantitative estimate of drug-likeness (QED) is 0.541. The third-order valence-electron chi connectivity index (χ3n) is 4.32. The highest BCUT2D eigenvalue weighted by molar-refractivity contribution is 9.10. The van der Waals surface area contributed by atoms with Gasteiger partial charge in [-0.1, -0.05) is 46.3 Å². The van der Waals surface area contributed by atoms with Crippen molar-refractivity contribution in [3.05, 3.63) is 76.5 Å². The molecule has 0 N–H and O–H groups in total. The van der Waals surface area contributed by atoms with Crippen molar-refractivity contribution in [1.29, 1.82) is 0 Å². The average molecular weight is 394 g/mol. The molecule has 1 aliphatic heterocycles. The van der Waals surface area contributed by atoms with Gasteiger partial charge in [0.2, 0.25) is 0 Å². The molecule has 2 heterocycles. The Hall–Kier alpha value is -2.59. The highest BCUT2D eigenvalue weighted by Crippen LogP contribution is 2.37. The van der Waals surface area contributed by atoms with E-state index >= 15 is 0 Å². The van der Waals surface area contributed by atoms with Crippen LogP contribution in [0.4, 0.5) is 5.69 Å². The summed E-state index contributed by atoms with van der Waals surface area (Å²) in [4.78, 5) is 14.5. The molecule has 0 radical (unpaired) electrons. The fraction of sp³-hybridized carbons (Fsp3) is 0.0952. The van der Waals surface area contributed by atoms with Gasteiger partial charge in [-0.15, -0.1) is 0 Å². The summed E-state index contributed by atoms with van der Waals surface area (Å²) in [6, 6.07) is 19.6. The van der Waals surface area contributed by atoms with Crippen LogP contribution in [0.5, 0.6) is 0 Å². The largest absolute Gasteiger partial charge is 0.457 e. The molecule has 0 fully saturated rings. The van der Waals surface area contributed by atoms with E-state index in [4.69, 9.17) is 4.42 Å². The first-order valence-corrected chi connectivity index (χ1v) is 8.95. The lowest BCUT2D eigenvalue weighted by Gasteiger charge is -2.13. The van der Waals surface area contributed by atoms with Gasteiger partial charge in [-0.25, -0.2) is 0 Å². The van der Waals surface area contributed by atoms with Gasteiger partial charge in [-0.2, -0.15) is 0 Å². The third-order valence-corrected chi connectivity index (χ3v) is 4.85. The molecule has 1 amide bonds. The van der Waals surface area contributed by atoms with Gasteiger partial charge in [0.1, 0.15) is 11.5 Å². The Bertz CT molecular complexity index is 970. The van der Waals surface area contributed by atoms with Gasteiger partial charge in [0, 0.05) is 22.1 Å². The number of nitrogens with zero attached hydrogens (tertiary/aromatic N) is 1. The monoisotopic (exact) mass is 393 g/mol. The molecule has 0 saturated carbocycles. The summed E-state index contributed by atoms with van der Waals surface area (Å²) < 4.78 is 6.97. The fourth-order valence-corrected chi connectivity index (χ4v) is 3.37. The second-order valence-corrected chi connectivity index (χ2v) is 6.75. The second-order valence-electron chi connectivity index (χ2n) is 5.83. The van der Waals surface area contributed by atoms with Gasteiger partial charge in [-0.3, -0.25) is 4.79 Å². The summed E-state index contributed by atoms with van der Waals surface area (Å²) in [7, 11) is 0. The van der Waals surface area contributed by atoms with Crippen molar-refractivity contribution in [2.75, 3.05) is 11.4 Å². The lowest BCUT2D eigenvalue weighted by Crippen LogP contribution is -2.25. The smallest absolute Gasteiger partial charge is 0.259 e. The maximum Gasteiger partial charge on any atom is 0.259 e. The molecule has 0 aliphatic carbocycles. The Labute approximate surface area is 154 Å². The molecule has 4 heteroatoms. The Balaban J connectivity index is 1.72. The van der Waals surface area contributed by atoms with E-state index in [-0.39, 0.29) is 5.91 Å². The molecule has 0 saturated heterocycles. The summed E-state index contributed by atoms with van der Waals surface area (Å²) in [5, 5.41) is 0. The molecule has 1 aliphatic rings. The number of amides is 1. The predicted octanol–water partition coefficient (Wildman–Crippen LogP) is 5.62. The van der Waals surface area contributed by atoms with E-state index in [2.05, 4.69) is 15.9 Å². The molecule has 4 rings (SSSR count). The van der Waals surface area contributed by atoms with E-state index in [9.17, 15) is 4.79 Å². The lowest BCUT2D eigenvalue weighted by atomic mass is 10.1. The zero-order chi connectivity index (χ0) is 17.4. The third kappa shape index (κ3) is 2.83. The summed E-state index contributed by atoms with van der Waals surface area (Å²) in [6.07, 6.45) is 1.83. The molecule has 124 valence electrons. The number of hydrogen-bond acceptors (Lipinski definition) is 2. The molecule has 25 heavy (non-hydrogen) atoms. The van der Waals surface area contributed by atoms with Crippen molar-refractivity contribution in [1.82, 2.24) is 0 Å². The van der Waals surface area contributed by atoms with Gasteiger partial charge in [0.25, 0.3) is 5.91 Å². The van der Waals surface area contributed by atoms with Crippen molar-refractivity contribution in [3.63, 3.8) is 0 Å². The van der Waals surface area contributed by atoms with Crippen LogP contribution in [0.1, 0.15) is 18.2 Å². The standard InChI is InChI=1S/C21H16BrNO2/c1-2-23-19-6-4-3-5-17(19)18(21(23)24)13-16-11-12-20(25-16)14-7-9-15(22)10-8-14/h3-13H,2H2,1H3/b18-13-. The van der Waals surface area contributed by atoms with Crippen molar-refractivity contribution < 1.29 is 9.21 Å². The topological polar surface area (TPSA) is 33.5 Å². The van der Waals surface area contributed by atoms with E-state index in [1.807, 2.05) is 73.7 Å². The molecular weight excluding hydrogens is 378 g/mol. The number of fused-ring (bicyclic) bond motifs is 1. The maximum atomic E-state index is 12.7. The first kappa shape index (κ1) is 15.9. The Morgan fingerprint density at radius 1 is 1.04 bits per heavy atom. The van der Waals surface area contributed by atoms with Crippen LogP contribution in [0.3, 0.4) is 0 Å². The van der Waals surface area contributed by atoms with Crippen LogP contribution < -0.4 is 4.90 Å². The molecule has 3 aromatic rings. The van der Waals surface area contributed by atoms with Crippen molar-refractivity contribution in [3.8, 4) is 11.3 Å². The van der Waals surface area contributed by atoms with Crippen molar-refractivity contribution >= 4 is 39.2 Å². The first-order chi connectivity index (χ1) is 12.2. The zero-order valence-corrected chi connectivity index (χ0v) is 15.3. The van der Waals surface area contributed by atoms with E-state index in [0.29, 0.717) is 17.9 Å². The van der Waals surface area contributed by atoms with Gasteiger partial charge < -0.3 is 9.32 Å². The molecule has 0 atom stereocenters. The molecule has 2 aromatic carbocycles. The van der Waals surface area contributed by atoms with Crippen LogP contribution >= 0.6 is 15.9 Å². The minimum Gasteiger partial charge on any atom is -0.457 e. The van der Waals surface area contributed by atoms with E-state index in [0.717, 1.165) is 27.0 Å². The fourth-order valence-electron chi connectivity index (χ4n) is 3.10. The van der Waals surface area contributed by atoms with Crippen molar-refractivity contribution in [2.24, 2.45) is 0 Å². The molecule has 3 nitrogen and oxygen atoms in total. The van der Waals surface area contributed by atoms with Gasteiger partial charge in [-0.05, 0) is 43.3 Å². The maximum absolute atomic E-state index is 12.7. The predicted molar refractivity (Wildman–Crippen MR) is 104 cm³/mol. The number of likely N-dealkylation sites (N-methyl/N-ethyl adjacent to an activating group) is 1. The highest BCUT2D eigenvalue weighted by atomic mass is 79.9. The van der Waals surface area contributed by atoms with Crippen LogP contribution in [-0.4, -0.2) is 12.5 Å². The van der Waals surface area contributed by atoms with Crippen LogP contribution in [0.2, 0.25) is 0 Å². The number of furan rings is 1. The number of anilines is 1. The van der Waals surface area contributed by atoms with Crippen LogP contribution in [0.15, 0.2) is 69.6 Å². The summed E-state index contributed by atoms with van der Waals surface area (Å²) in [6.45, 7) is 2.63. The van der Waals surface area contributed by atoms with Crippen LogP contribution in [0, 0.1) is 0 Å². The molecule has 0 spiro atoms. The number of carbonyl (C=O) groups excluding carboxylic acids is 1. The lowest BCUT2D eigenvalue weighted by molar-refractivity contribution is -0.112. The minimum atomic E-state index is 0.0188. The molecule has 0 unspecified atom stereocenters. The second kappa shape index (κ2) is 6.37.